The minimum absolute atomic E-state index is 0.0303. The molecule has 1 aliphatic rings. The van der Waals surface area contributed by atoms with Crippen LogP contribution in [0.15, 0.2) is 12.1 Å². The number of nitrogens with one attached hydrogen (secondary N) is 1. The first-order valence-corrected chi connectivity index (χ1v) is 7.85. The van der Waals surface area contributed by atoms with E-state index in [4.69, 9.17) is 18.9 Å². The van der Waals surface area contributed by atoms with Gasteiger partial charge in [0.05, 0.1) is 33.9 Å². The maximum Gasteiger partial charge on any atom is 0.224 e. The van der Waals surface area contributed by atoms with Gasteiger partial charge in [-0.2, -0.15) is 0 Å². The summed E-state index contributed by atoms with van der Waals surface area (Å²) in [4.78, 5) is 12.1. The summed E-state index contributed by atoms with van der Waals surface area (Å²) in [5, 5.41) is 2.93. The fourth-order valence-electron chi connectivity index (χ4n) is 2.73. The molecule has 1 aliphatic heterocycles. The molecule has 23 heavy (non-hydrogen) atoms. The lowest BCUT2D eigenvalue weighted by molar-refractivity contribution is -0.120. The van der Waals surface area contributed by atoms with E-state index in [1.165, 1.54) is 0 Å². The van der Waals surface area contributed by atoms with Crippen molar-refractivity contribution in [3.63, 3.8) is 0 Å². The van der Waals surface area contributed by atoms with Gasteiger partial charge in [0.1, 0.15) is 0 Å². The van der Waals surface area contributed by atoms with Crippen LogP contribution in [-0.4, -0.2) is 46.5 Å². The summed E-state index contributed by atoms with van der Waals surface area (Å²) in [5.41, 5.74) is 0.814. The third kappa shape index (κ3) is 4.76. The molecule has 2 rings (SSSR count). The fraction of sp³-hybridized carbons (Fsp3) is 0.588. The van der Waals surface area contributed by atoms with Gasteiger partial charge in [-0.05, 0) is 37.0 Å². The Morgan fingerprint density at radius 2 is 1.91 bits per heavy atom. The molecule has 1 fully saturated rings. The molecule has 6 nitrogen and oxygen atoms in total. The molecule has 1 saturated heterocycles. The molecule has 1 N–H and O–H groups in total. The molecule has 6 heteroatoms. The molecule has 1 heterocycles. The molecule has 1 aromatic rings. The van der Waals surface area contributed by atoms with Gasteiger partial charge in [-0.3, -0.25) is 4.79 Å². The third-order valence-corrected chi connectivity index (χ3v) is 3.90. The summed E-state index contributed by atoms with van der Waals surface area (Å²) < 4.78 is 21.4. The largest absolute Gasteiger partial charge is 0.493 e. The Morgan fingerprint density at radius 1 is 1.22 bits per heavy atom. The Hall–Kier alpha value is -1.95. The molecule has 0 unspecified atom stereocenters. The lowest BCUT2D eigenvalue weighted by atomic mass is 10.1. The monoisotopic (exact) mass is 323 g/mol. The predicted octanol–water partition coefficient (Wildman–Crippen LogP) is 1.94. The fourth-order valence-corrected chi connectivity index (χ4v) is 2.73. The van der Waals surface area contributed by atoms with Crippen molar-refractivity contribution in [2.24, 2.45) is 0 Å². The molecule has 0 bridgehead atoms. The van der Waals surface area contributed by atoms with Crippen LogP contribution in [-0.2, 0) is 16.0 Å². The van der Waals surface area contributed by atoms with Crippen LogP contribution in [0.1, 0.15) is 24.8 Å². The van der Waals surface area contributed by atoms with Gasteiger partial charge >= 0.3 is 0 Å². The van der Waals surface area contributed by atoms with Crippen molar-refractivity contribution in [1.82, 2.24) is 5.32 Å². The van der Waals surface area contributed by atoms with Gasteiger partial charge in [0.15, 0.2) is 11.5 Å². The highest BCUT2D eigenvalue weighted by molar-refractivity contribution is 5.79. The van der Waals surface area contributed by atoms with Crippen LogP contribution in [0, 0.1) is 0 Å². The van der Waals surface area contributed by atoms with Crippen LogP contribution in [0.3, 0.4) is 0 Å². The number of carbonyl (C=O) groups excluding carboxylic acids is 1. The van der Waals surface area contributed by atoms with Gasteiger partial charge < -0.3 is 24.3 Å². The summed E-state index contributed by atoms with van der Waals surface area (Å²) in [5.74, 6) is 1.60. The maximum absolute atomic E-state index is 12.1. The van der Waals surface area contributed by atoms with Crippen LogP contribution < -0.4 is 19.5 Å². The number of methoxy groups -OCH3 is 3. The van der Waals surface area contributed by atoms with Gasteiger partial charge in [-0.15, -0.1) is 0 Å². The molecule has 0 saturated carbocycles. The molecule has 0 aromatic heterocycles. The van der Waals surface area contributed by atoms with Gasteiger partial charge in [0, 0.05) is 13.2 Å². The van der Waals surface area contributed by atoms with Crippen molar-refractivity contribution in [3.05, 3.63) is 17.7 Å². The first-order valence-electron chi connectivity index (χ1n) is 7.85. The zero-order chi connectivity index (χ0) is 16.7. The molecule has 1 amide bonds. The highest BCUT2D eigenvalue weighted by atomic mass is 16.5. The van der Waals surface area contributed by atoms with Crippen LogP contribution >= 0.6 is 0 Å². The summed E-state index contributed by atoms with van der Waals surface area (Å²) >= 11 is 0. The standard InChI is InChI=1S/C17H25NO5/c1-20-14-9-12(10-15(21-2)17(14)22-3)11-16(19)18-7-6-13-5-4-8-23-13/h9-10,13H,4-8,11H2,1-3H3,(H,18,19)/t13-/m0/s1. The van der Waals surface area contributed by atoms with Crippen molar-refractivity contribution in [2.45, 2.75) is 31.8 Å². The second-order valence-corrected chi connectivity index (χ2v) is 5.48. The van der Waals surface area contributed by atoms with E-state index >= 15 is 0 Å². The summed E-state index contributed by atoms with van der Waals surface area (Å²) in [6, 6.07) is 3.59. The number of hydrogen-bond acceptors (Lipinski definition) is 5. The van der Waals surface area contributed by atoms with Crippen LogP contribution in [0.4, 0.5) is 0 Å². The number of rotatable bonds is 8. The van der Waals surface area contributed by atoms with Gasteiger partial charge in [0.25, 0.3) is 0 Å². The number of ether oxygens (including phenoxy) is 4. The average Bonchev–Trinajstić information content (AvgIpc) is 3.07. The average molecular weight is 323 g/mol. The normalized spacial score (nSPS) is 16.9. The molecular formula is C17H25NO5. The van der Waals surface area contributed by atoms with Gasteiger partial charge in [-0.1, -0.05) is 0 Å². The van der Waals surface area contributed by atoms with Crippen molar-refractivity contribution in [2.75, 3.05) is 34.5 Å². The molecular weight excluding hydrogens is 298 g/mol. The van der Waals surface area contributed by atoms with E-state index in [9.17, 15) is 4.79 Å². The molecule has 128 valence electrons. The van der Waals surface area contributed by atoms with Crippen LogP contribution in [0.2, 0.25) is 0 Å². The number of hydrogen-bond donors (Lipinski definition) is 1. The molecule has 0 spiro atoms. The van der Waals surface area contributed by atoms with Crippen molar-refractivity contribution >= 4 is 5.91 Å². The SMILES string of the molecule is COc1cc(CC(=O)NCC[C@@H]2CCCO2)cc(OC)c1OC. The highest BCUT2D eigenvalue weighted by Gasteiger charge is 2.17. The summed E-state index contributed by atoms with van der Waals surface area (Å²) in [6.45, 7) is 1.47. The molecule has 0 radical (unpaired) electrons. The van der Waals surface area contributed by atoms with Gasteiger partial charge in [-0.25, -0.2) is 0 Å². The van der Waals surface area contributed by atoms with Crippen LogP contribution in [0.5, 0.6) is 17.2 Å². The Labute approximate surface area is 137 Å². The third-order valence-electron chi connectivity index (χ3n) is 3.90. The second kappa shape index (κ2) is 8.62. The van der Waals surface area contributed by atoms with E-state index in [0.29, 0.717) is 23.8 Å². The maximum atomic E-state index is 12.1. The first kappa shape index (κ1) is 17.4. The van der Waals surface area contributed by atoms with Crippen molar-refractivity contribution in [3.8, 4) is 17.2 Å². The van der Waals surface area contributed by atoms with E-state index in [2.05, 4.69) is 5.32 Å². The van der Waals surface area contributed by atoms with Crippen molar-refractivity contribution in [1.29, 1.82) is 0 Å². The van der Waals surface area contributed by atoms with E-state index in [1.54, 1.807) is 33.5 Å². The van der Waals surface area contributed by atoms with Gasteiger partial charge in [0.2, 0.25) is 11.7 Å². The number of benzene rings is 1. The predicted molar refractivity (Wildman–Crippen MR) is 86.4 cm³/mol. The minimum atomic E-state index is -0.0303. The van der Waals surface area contributed by atoms with Crippen LogP contribution in [0.25, 0.3) is 0 Å². The molecule has 1 aromatic carbocycles. The lowest BCUT2D eigenvalue weighted by Gasteiger charge is -2.14. The second-order valence-electron chi connectivity index (χ2n) is 5.48. The zero-order valence-electron chi connectivity index (χ0n) is 14.0. The van der Waals surface area contributed by atoms with E-state index in [1.807, 2.05) is 0 Å². The van der Waals surface area contributed by atoms with E-state index in [0.717, 1.165) is 31.4 Å². The van der Waals surface area contributed by atoms with Crippen molar-refractivity contribution < 1.29 is 23.7 Å². The van der Waals surface area contributed by atoms with E-state index < -0.39 is 0 Å². The highest BCUT2D eigenvalue weighted by Crippen LogP contribution is 2.38. The Morgan fingerprint density at radius 3 is 2.43 bits per heavy atom. The Bertz CT molecular complexity index is 501. The topological polar surface area (TPSA) is 66.0 Å². The lowest BCUT2D eigenvalue weighted by Crippen LogP contribution is -2.28. The summed E-state index contributed by atoms with van der Waals surface area (Å²) in [7, 11) is 4.67. The number of carbonyl (C=O) groups is 1. The molecule has 0 aliphatic carbocycles. The quantitative estimate of drug-likeness (QED) is 0.792. The first-order chi connectivity index (χ1) is 11.2. The zero-order valence-corrected chi connectivity index (χ0v) is 14.0. The smallest absolute Gasteiger partial charge is 0.224 e. The van der Waals surface area contributed by atoms with E-state index in [-0.39, 0.29) is 18.4 Å². The Balaban J connectivity index is 1.91. The Kier molecular flexibility index (Phi) is 6.52. The molecule has 1 atom stereocenters. The minimum Gasteiger partial charge on any atom is -0.493 e. The number of amides is 1. The summed E-state index contributed by atoms with van der Waals surface area (Å²) in [6.07, 6.45) is 3.62.